The van der Waals surface area contributed by atoms with Crippen LogP contribution in [0.15, 0.2) is 24.3 Å². The van der Waals surface area contributed by atoms with Gasteiger partial charge in [0.25, 0.3) is 5.91 Å². The zero-order valence-corrected chi connectivity index (χ0v) is 15.7. The molecule has 1 aliphatic carbocycles. The number of hydrogen-bond donors (Lipinski definition) is 1. The van der Waals surface area contributed by atoms with Gasteiger partial charge in [0.2, 0.25) is 0 Å². The number of fused-ring (bicyclic) bond motifs is 1. The summed E-state index contributed by atoms with van der Waals surface area (Å²) >= 11 is 1.52. The van der Waals surface area contributed by atoms with Crippen molar-refractivity contribution in [3.05, 3.63) is 51.4 Å². The minimum atomic E-state index is -0.369. The van der Waals surface area contributed by atoms with E-state index >= 15 is 0 Å². The van der Waals surface area contributed by atoms with E-state index < -0.39 is 0 Å². The van der Waals surface area contributed by atoms with Gasteiger partial charge in [-0.1, -0.05) is 31.0 Å². The Balaban J connectivity index is 1.92. The molecule has 132 valence electrons. The Bertz CT molecular complexity index is 792. The first-order valence-electron chi connectivity index (χ1n) is 8.64. The fourth-order valence-electron chi connectivity index (χ4n) is 3.29. The summed E-state index contributed by atoms with van der Waals surface area (Å²) in [7, 11) is 1.38. The number of carbonyl (C=O) groups excluding carboxylic acids is 2. The van der Waals surface area contributed by atoms with Crippen molar-refractivity contribution in [3.8, 4) is 0 Å². The molecule has 2 aromatic rings. The topological polar surface area (TPSA) is 55.4 Å². The van der Waals surface area contributed by atoms with Crippen LogP contribution >= 0.6 is 11.3 Å². The zero-order chi connectivity index (χ0) is 18.0. The van der Waals surface area contributed by atoms with Crippen molar-refractivity contribution in [2.75, 3.05) is 12.4 Å². The molecule has 0 saturated carbocycles. The van der Waals surface area contributed by atoms with Crippen molar-refractivity contribution >= 4 is 28.2 Å². The number of anilines is 1. The number of benzene rings is 1. The highest BCUT2D eigenvalue weighted by molar-refractivity contribution is 7.17. The maximum atomic E-state index is 12.6. The predicted molar refractivity (Wildman–Crippen MR) is 101 cm³/mol. The average molecular weight is 357 g/mol. The van der Waals surface area contributed by atoms with Crippen molar-refractivity contribution < 1.29 is 14.3 Å². The highest BCUT2D eigenvalue weighted by atomic mass is 32.1. The van der Waals surface area contributed by atoms with Gasteiger partial charge in [0.05, 0.1) is 12.7 Å². The summed E-state index contributed by atoms with van der Waals surface area (Å²) in [4.78, 5) is 26.1. The molecular weight excluding hydrogens is 334 g/mol. The normalized spacial score (nSPS) is 16.2. The van der Waals surface area contributed by atoms with Crippen LogP contribution in [0.1, 0.15) is 56.5 Å². The molecule has 4 nitrogen and oxygen atoms in total. The summed E-state index contributed by atoms with van der Waals surface area (Å²) in [5.41, 5.74) is 3.28. The van der Waals surface area contributed by atoms with Gasteiger partial charge in [-0.05, 0) is 49.8 Å². The van der Waals surface area contributed by atoms with Crippen LogP contribution < -0.4 is 5.32 Å². The highest BCUT2D eigenvalue weighted by Gasteiger charge is 2.29. The van der Waals surface area contributed by atoms with Gasteiger partial charge in [-0.15, -0.1) is 11.3 Å². The molecule has 0 fully saturated rings. The third-order valence-electron chi connectivity index (χ3n) is 4.88. The molecule has 3 rings (SSSR count). The van der Waals surface area contributed by atoms with Gasteiger partial charge in [0.15, 0.2) is 0 Å². The molecule has 0 bridgehead atoms. The molecule has 25 heavy (non-hydrogen) atoms. The van der Waals surface area contributed by atoms with Crippen LogP contribution in [0.25, 0.3) is 0 Å². The number of esters is 1. The molecule has 1 heterocycles. The fourth-order valence-corrected chi connectivity index (χ4v) is 4.63. The van der Waals surface area contributed by atoms with Crippen LogP contribution in [0.4, 0.5) is 5.00 Å². The Labute approximate surface area is 152 Å². The molecule has 1 amide bonds. The van der Waals surface area contributed by atoms with Gasteiger partial charge >= 0.3 is 5.97 Å². The van der Waals surface area contributed by atoms with E-state index in [1.165, 1.54) is 23.3 Å². The second kappa shape index (κ2) is 7.40. The molecule has 0 saturated heterocycles. The molecule has 1 aliphatic rings. The van der Waals surface area contributed by atoms with Gasteiger partial charge in [-0.3, -0.25) is 4.79 Å². The van der Waals surface area contributed by atoms with E-state index in [0.717, 1.165) is 36.8 Å². The first kappa shape index (κ1) is 17.7. The number of methoxy groups -OCH3 is 1. The zero-order valence-electron chi connectivity index (χ0n) is 14.8. The van der Waals surface area contributed by atoms with Crippen molar-refractivity contribution in [2.45, 2.75) is 39.5 Å². The summed E-state index contributed by atoms with van der Waals surface area (Å²) in [6.07, 6.45) is 4.06. The van der Waals surface area contributed by atoms with Gasteiger partial charge in [0, 0.05) is 10.4 Å². The maximum Gasteiger partial charge on any atom is 0.341 e. The lowest BCUT2D eigenvalue weighted by Gasteiger charge is -2.20. The average Bonchev–Trinajstić information content (AvgIpc) is 2.98. The number of rotatable bonds is 4. The Morgan fingerprint density at radius 1 is 1.28 bits per heavy atom. The third kappa shape index (κ3) is 3.61. The number of ether oxygens (including phenoxy) is 1. The monoisotopic (exact) mass is 357 g/mol. The van der Waals surface area contributed by atoms with E-state index in [4.69, 9.17) is 4.74 Å². The summed E-state index contributed by atoms with van der Waals surface area (Å²) in [5.74, 6) is 0.0831. The second-order valence-corrected chi connectivity index (χ2v) is 7.64. The van der Waals surface area contributed by atoms with Crippen LogP contribution in [-0.2, 0) is 17.6 Å². The van der Waals surface area contributed by atoms with Gasteiger partial charge in [0.1, 0.15) is 5.00 Å². The summed E-state index contributed by atoms with van der Waals surface area (Å²) in [6.45, 7) is 4.18. The number of hydrogen-bond acceptors (Lipinski definition) is 4. The number of carbonyl (C=O) groups is 2. The van der Waals surface area contributed by atoms with Crippen molar-refractivity contribution in [2.24, 2.45) is 5.92 Å². The summed E-state index contributed by atoms with van der Waals surface area (Å²) in [5, 5.41) is 3.54. The SMILES string of the molecule is CCC1CCc2c(sc(NC(=O)c3ccc(C)cc3)c2C(=O)OC)C1. The van der Waals surface area contributed by atoms with Gasteiger partial charge in [-0.2, -0.15) is 0 Å². The van der Waals surface area contributed by atoms with E-state index in [0.29, 0.717) is 22.0 Å². The maximum absolute atomic E-state index is 12.6. The fraction of sp³-hybridized carbons (Fsp3) is 0.400. The summed E-state index contributed by atoms with van der Waals surface area (Å²) in [6, 6.07) is 7.40. The largest absolute Gasteiger partial charge is 0.465 e. The van der Waals surface area contributed by atoms with Crippen molar-refractivity contribution in [3.63, 3.8) is 0 Å². The first-order valence-corrected chi connectivity index (χ1v) is 9.46. The van der Waals surface area contributed by atoms with E-state index in [-0.39, 0.29) is 11.9 Å². The second-order valence-electron chi connectivity index (χ2n) is 6.54. The minimum absolute atomic E-state index is 0.198. The van der Waals surface area contributed by atoms with E-state index in [1.54, 1.807) is 12.1 Å². The molecule has 0 spiro atoms. The molecule has 1 N–H and O–H groups in total. The number of aryl methyl sites for hydroxylation is 1. The van der Waals surface area contributed by atoms with Gasteiger partial charge in [-0.25, -0.2) is 4.79 Å². The van der Waals surface area contributed by atoms with Crippen LogP contribution in [0.2, 0.25) is 0 Å². The predicted octanol–water partition coefficient (Wildman–Crippen LogP) is 4.61. The summed E-state index contributed by atoms with van der Waals surface area (Å²) < 4.78 is 4.97. The molecule has 1 aromatic carbocycles. The third-order valence-corrected chi connectivity index (χ3v) is 6.04. The smallest absolute Gasteiger partial charge is 0.341 e. The Kier molecular flexibility index (Phi) is 5.23. The first-order chi connectivity index (χ1) is 12.0. The molecule has 5 heteroatoms. The Morgan fingerprint density at radius 2 is 2.00 bits per heavy atom. The lowest BCUT2D eigenvalue weighted by Crippen LogP contribution is -2.16. The molecule has 0 aliphatic heterocycles. The van der Waals surface area contributed by atoms with Crippen LogP contribution in [0.5, 0.6) is 0 Å². The lowest BCUT2D eigenvalue weighted by molar-refractivity contribution is 0.0601. The van der Waals surface area contributed by atoms with E-state index in [2.05, 4.69) is 12.2 Å². The Morgan fingerprint density at radius 3 is 2.64 bits per heavy atom. The van der Waals surface area contributed by atoms with Crippen molar-refractivity contribution in [1.82, 2.24) is 0 Å². The van der Waals surface area contributed by atoms with E-state index in [9.17, 15) is 9.59 Å². The van der Waals surface area contributed by atoms with Crippen LogP contribution in [-0.4, -0.2) is 19.0 Å². The lowest BCUT2D eigenvalue weighted by atomic mass is 9.85. The molecular formula is C20H23NO3S. The van der Waals surface area contributed by atoms with Crippen LogP contribution in [0.3, 0.4) is 0 Å². The van der Waals surface area contributed by atoms with Gasteiger partial charge < -0.3 is 10.1 Å². The number of thiophene rings is 1. The number of nitrogens with one attached hydrogen (secondary N) is 1. The Hall–Kier alpha value is -2.14. The molecule has 1 unspecified atom stereocenters. The van der Waals surface area contributed by atoms with Crippen molar-refractivity contribution in [1.29, 1.82) is 0 Å². The van der Waals surface area contributed by atoms with Crippen LogP contribution in [0, 0.1) is 12.8 Å². The minimum Gasteiger partial charge on any atom is -0.465 e. The molecule has 0 radical (unpaired) electrons. The standard InChI is InChI=1S/C20H23NO3S/c1-4-13-7-10-15-16(11-13)25-19(17(15)20(23)24-3)21-18(22)14-8-5-12(2)6-9-14/h5-6,8-9,13H,4,7,10-11H2,1-3H3,(H,21,22). The number of amides is 1. The molecule has 1 aromatic heterocycles. The van der Waals surface area contributed by atoms with E-state index in [1.807, 2.05) is 19.1 Å². The molecule has 1 atom stereocenters. The quantitative estimate of drug-likeness (QED) is 0.813. The highest BCUT2D eigenvalue weighted by Crippen LogP contribution is 2.40.